The molecule has 1 aromatic heterocycles. The molecule has 1 atom stereocenters. The van der Waals surface area contributed by atoms with Crippen molar-refractivity contribution in [2.45, 2.75) is 38.8 Å². The number of aliphatic carboxylic acids is 1. The number of carbonyl (C=O) groups is 2. The molecule has 0 spiro atoms. The average Bonchev–Trinajstić information content (AvgIpc) is 3.06. The van der Waals surface area contributed by atoms with Crippen molar-refractivity contribution in [2.75, 3.05) is 0 Å². The molecule has 1 heterocycles. The fourth-order valence-electron chi connectivity index (χ4n) is 1.86. The van der Waals surface area contributed by atoms with Crippen LogP contribution in [0.3, 0.4) is 0 Å². The number of hydrogen-bond donors (Lipinski definition) is 2. The van der Waals surface area contributed by atoms with E-state index in [1.807, 2.05) is 13.0 Å². The van der Waals surface area contributed by atoms with Crippen molar-refractivity contribution in [1.29, 1.82) is 0 Å². The molecule has 0 bridgehead atoms. The van der Waals surface area contributed by atoms with Crippen molar-refractivity contribution < 1.29 is 14.7 Å². The Hall–Kier alpha value is -1.85. The Kier molecular flexibility index (Phi) is 3.64. The van der Waals surface area contributed by atoms with Crippen LogP contribution in [-0.2, 0) is 16.1 Å². The fraction of sp³-hybridized carbons (Fsp3) is 0.583. The summed E-state index contributed by atoms with van der Waals surface area (Å²) in [5, 5.41) is 15.7. The van der Waals surface area contributed by atoms with E-state index in [1.54, 1.807) is 10.9 Å². The Morgan fingerprint density at radius 3 is 2.83 bits per heavy atom. The van der Waals surface area contributed by atoms with E-state index in [1.165, 1.54) is 0 Å². The monoisotopic (exact) mass is 251 g/mol. The van der Waals surface area contributed by atoms with Crippen LogP contribution in [0.4, 0.5) is 0 Å². The van der Waals surface area contributed by atoms with Crippen LogP contribution in [0.15, 0.2) is 12.3 Å². The highest BCUT2D eigenvalue weighted by molar-refractivity contribution is 5.83. The molecular formula is C12H17N3O3. The maximum atomic E-state index is 11.7. The van der Waals surface area contributed by atoms with Crippen LogP contribution in [0.25, 0.3) is 0 Å². The van der Waals surface area contributed by atoms with Gasteiger partial charge in [-0.15, -0.1) is 0 Å². The van der Waals surface area contributed by atoms with Gasteiger partial charge in [0.15, 0.2) is 0 Å². The predicted octanol–water partition coefficient (Wildman–Crippen LogP) is 0.561. The minimum atomic E-state index is -0.944. The minimum Gasteiger partial charge on any atom is -0.480 e. The number of nitrogens with zero attached hydrogens (tertiary/aromatic N) is 2. The normalized spacial score (nSPS) is 16.3. The summed E-state index contributed by atoms with van der Waals surface area (Å²) >= 11 is 0. The van der Waals surface area contributed by atoms with Crippen LogP contribution >= 0.6 is 0 Å². The first-order valence-electron chi connectivity index (χ1n) is 6.08. The van der Waals surface area contributed by atoms with E-state index in [0.29, 0.717) is 6.54 Å². The van der Waals surface area contributed by atoms with Crippen LogP contribution in [0.2, 0.25) is 0 Å². The van der Waals surface area contributed by atoms with E-state index in [2.05, 4.69) is 10.4 Å². The molecule has 0 saturated heterocycles. The molecule has 1 amide bonds. The summed E-state index contributed by atoms with van der Waals surface area (Å²) in [6.07, 6.45) is 3.82. The van der Waals surface area contributed by atoms with E-state index in [0.717, 1.165) is 18.5 Å². The second kappa shape index (κ2) is 5.20. The van der Waals surface area contributed by atoms with Gasteiger partial charge in [-0.3, -0.25) is 9.48 Å². The molecular weight excluding hydrogens is 234 g/mol. The smallest absolute Gasteiger partial charge is 0.326 e. The molecule has 6 nitrogen and oxygen atoms in total. The van der Waals surface area contributed by atoms with Gasteiger partial charge in [-0.2, -0.15) is 5.10 Å². The highest BCUT2D eigenvalue weighted by Crippen LogP contribution is 2.32. The van der Waals surface area contributed by atoms with Crippen LogP contribution in [0.5, 0.6) is 0 Å². The topological polar surface area (TPSA) is 84.2 Å². The zero-order chi connectivity index (χ0) is 13.1. The number of rotatable bonds is 6. The summed E-state index contributed by atoms with van der Waals surface area (Å²) in [7, 11) is 0. The van der Waals surface area contributed by atoms with Gasteiger partial charge in [0.1, 0.15) is 6.04 Å². The molecule has 0 aliphatic heterocycles. The summed E-state index contributed by atoms with van der Waals surface area (Å²) in [5.74, 6) is -1.07. The quantitative estimate of drug-likeness (QED) is 0.773. The summed E-state index contributed by atoms with van der Waals surface area (Å²) in [4.78, 5) is 22.6. The van der Waals surface area contributed by atoms with Crippen LogP contribution in [-0.4, -0.2) is 32.8 Å². The number of nitrogens with one attached hydrogen (secondary N) is 1. The maximum absolute atomic E-state index is 11.7. The molecule has 1 aromatic rings. The van der Waals surface area contributed by atoms with Gasteiger partial charge < -0.3 is 10.4 Å². The largest absolute Gasteiger partial charge is 0.480 e. The molecule has 0 radical (unpaired) electrons. The molecule has 1 fully saturated rings. The van der Waals surface area contributed by atoms with E-state index < -0.39 is 12.0 Å². The zero-order valence-electron chi connectivity index (χ0n) is 10.3. The molecule has 1 saturated carbocycles. The predicted molar refractivity (Wildman–Crippen MR) is 63.9 cm³/mol. The second-order valence-electron chi connectivity index (χ2n) is 4.69. The molecule has 6 heteroatoms. The van der Waals surface area contributed by atoms with Gasteiger partial charge in [-0.1, -0.05) is 0 Å². The van der Waals surface area contributed by atoms with Crippen LogP contribution in [0, 0.1) is 12.8 Å². The number of carboxylic acids is 1. The summed E-state index contributed by atoms with van der Waals surface area (Å²) in [5.41, 5.74) is 0.900. The standard InChI is InChI=1S/C12H17N3O3/c1-8-4-6-15(14-8)7-5-10(16)13-11(12(17)18)9-2-3-9/h4,6,9,11H,2-3,5,7H2,1H3,(H,13,16)(H,17,18)/t11-/m0/s1. The first kappa shape index (κ1) is 12.6. The number of aromatic nitrogens is 2. The highest BCUT2D eigenvalue weighted by atomic mass is 16.4. The van der Waals surface area contributed by atoms with Crippen molar-refractivity contribution in [3.05, 3.63) is 18.0 Å². The lowest BCUT2D eigenvalue weighted by Crippen LogP contribution is -2.42. The summed E-state index contributed by atoms with van der Waals surface area (Å²) < 4.78 is 1.68. The molecule has 98 valence electrons. The summed E-state index contributed by atoms with van der Waals surface area (Å²) in [6.45, 7) is 2.35. The average molecular weight is 251 g/mol. The molecule has 18 heavy (non-hydrogen) atoms. The van der Waals surface area contributed by atoms with E-state index in [-0.39, 0.29) is 18.2 Å². The molecule has 2 N–H and O–H groups in total. The molecule has 2 rings (SSSR count). The van der Waals surface area contributed by atoms with Crippen LogP contribution in [0.1, 0.15) is 25.0 Å². The lowest BCUT2D eigenvalue weighted by molar-refractivity contribution is -0.142. The first-order valence-corrected chi connectivity index (χ1v) is 6.08. The Labute approximate surface area is 105 Å². The van der Waals surface area contributed by atoms with Gasteiger partial charge in [0, 0.05) is 19.2 Å². The maximum Gasteiger partial charge on any atom is 0.326 e. The van der Waals surface area contributed by atoms with E-state index in [4.69, 9.17) is 5.11 Å². The summed E-state index contributed by atoms with van der Waals surface area (Å²) in [6, 6.07) is 1.14. The zero-order valence-corrected chi connectivity index (χ0v) is 10.3. The number of amides is 1. The molecule has 1 aliphatic carbocycles. The third kappa shape index (κ3) is 3.32. The van der Waals surface area contributed by atoms with Gasteiger partial charge in [0.25, 0.3) is 0 Å². The van der Waals surface area contributed by atoms with Gasteiger partial charge in [0.05, 0.1) is 5.69 Å². The Morgan fingerprint density at radius 1 is 1.61 bits per heavy atom. The third-order valence-corrected chi connectivity index (χ3v) is 3.02. The number of carbonyl (C=O) groups excluding carboxylic acids is 1. The van der Waals surface area contributed by atoms with Crippen molar-refractivity contribution in [1.82, 2.24) is 15.1 Å². The third-order valence-electron chi connectivity index (χ3n) is 3.02. The van der Waals surface area contributed by atoms with Crippen molar-refractivity contribution in [3.8, 4) is 0 Å². The van der Waals surface area contributed by atoms with Crippen molar-refractivity contribution in [3.63, 3.8) is 0 Å². The van der Waals surface area contributed by atoms with E-state index in [9.17, 15) is 9.59 Å². The lowest BCUT2D eigenvalue weighted by atomic mass is 10.2. The SMILES string of the molecule is Cc1ccn(CCC(=O)N[C@H](C(=O)O)C2CC2)n1. The van der Waals surface area contributed by atoms with Gasteiger partial charge >= 0.3 is 5.97 Å². The second-order valence-corrected chi connectivity index (χ2v) is 4.69. The highest BCUT2D eigenvalue weighted by Gasteiger charge is 2.37. The van der Waals surface area contributed by atoms with Crippen molar-refractivity contribution >= 4 is 11.9 Å². The van der Waals surface area contributed by atoms with Gasteiger partial charge in [-0.25, -0.2) is 4.79 Å². The number of carboxylic acid groups (broad SMARTS) is 1. The number of aryl methyl sites for hydroxylation is 2. The van der Waals surface area contributed by atoms with Crippen molar-refractivity contribution in [2.24, 2.45) is 5.92 Å². The lowest BCUT2D eigenvalue weighted by Gasteiger charge is -2.13. The Balaban J connectivity index is 1.79. The van der Waals surface area contributed by atoms with Crippen LogP contribution < -0.4 is 5.32 Å². The fourth-order valence-corrected chi connectivity index (χ4v) is 1.86. The number of hydrogen-bond acceptors (Lipinski definition) is 3. The first-order chi connectivity index (χ1) is 8.56. The Morgan fingerprint density at radius 2 is 2.33 bits per heavy atom. The minimum absolute atomic E-state index is 0.110. The molecule has 0 unspecified atom stereocenters. The Bertz CT molecular complexity index is 451. The van der Waals surface area contributed by atoms with E-state index >= 15 is 0 Å². The molecule has 0 aromatic carbocycles. The molecule has 1 aliphatic rings. The van der Waals surface area contributed by atoms with Gasteiger partial charge in [0.2, 0.25) is 5.91 Å². The van der Waals surface area contributed by atoms with Gasteiger partial charge in [-0.05, 0) is 31.7 Å².